The van der Waals surface area contributed by atoms with Crippen molar-refractivity contribution in [3.05, 3.63) is 53.6 Å². The van der Waals surface area contributed by atoms with Crippen LogP contribution in [-0.2, 0) is 6.54 Å². The van der Waals surface area contributed by atoms with E-state index in [9.17, 15) is 0 Å². The molecule has 0 amide bonds. The van der Waals surface area contributed by atoms with Gasteiger partial charge in [0.2, 0.25) is 0 Å². The zero-order valence-corrected chi connectivity index (χ0v) is 14.5. The Kier molecular flexibility index (Phi) is 5.28. The highest BCUT2D eigenvalue weighted by molar-refractivity contribution is 5.78. The molecule has 0 bridgehead atoms. The molecule has 1 atom stereocenters. The summed E-state index contributed by atoms with van der Waals surface area (Å²) in [4.78, 5) is 4.45. The molecular formula is C19H23N3O3. The maximum atomic E-state index is 6.10. The Morgan fingerprint density at radius 3 is 2.84 bits per heavy atom. The summed E-state index contributed by atoms with van der Waals surface area (Å²) in [5.41, 5.74) is 8.12. The van der Waals surface area contributed by atoms with Crippen LogP contribution in [0.3, 0.4) is 0 Å². The van der Waals surface area contributed by atoms with Crippen LogP contribution in [0, 0.1) is 0 Å². The van der Waals surface area contributed by atoms with Gasteiger partial charge in [0.1, 0.15) is 5.75 Å². The topological polar surface area (TPSA) is 78.1 Å². The molecule has 1 heterocycles. The summed E-state index contributed by atoms with van der Waals surface area (Å²) >= 11 is 0. The number of nitrogens with two attached hydrogens (primary N) is 1. The molecule has 0 fully saturated rings. The molecule has 0 aromatic heterocycles. The fourth-order valence-electron chi connectivity index (χ4n) is 2.96. The third-order valence-corrected chi connectivity index (χ3v) is 4.18. The fraction of sp³-hybridized carbons (Fsp3) is 0.316. The number of benzene rings is 2. The molecule has 6 heteroatoms. The molecular weight excluding hydrogens is 318 g/mol. The Balaban J connectivity index is 1.72. The Labute approximate surface area is 147 Å². The lowest BCUT2D eigenvalue weighted by molar-refractivity contribution is 0.262. The fourth-order valence-corrected chi connectivity index (χ4v) is 2.96. The van der Waals surface area contributed by atoms with E-state index in [1.54, 1.807) is 14.2 Å². The summed E-state index contributed by atoms with van der Waals surface area (Å²) in [6.07, 6.45) is 0.843. The van der Waals surface area contributed by atoms with Gasteiger partial charge in [-0.2, -0.15) is 0 Å². The smallest absolute Gasteiger partial charge is 0.189 e. The molecule has 2 aromatic rings. The predicted molar refractivity (Wildman–Crippen MR) is 97.3 cm³/mol. The number of guanidine groups is 1. The van der Waals surface area contributed by atoms with Crippen LogP contribution in [0.5, 0.6) is 17.2 Å². The first-order valence-corrected chi connectivity index (χ1v) is 8.21. The van der Waals surface area contributed by atoms with E-state index in [1.807, 2.05) is 42.5 Å². The quantitative estimate of drug-likeness (QED) is 0.646. The lowest BCUT2D eigenvalue weighted by atomic mass is 10.0. The van der Waals surface area contributed by atoms with E-state index in [-0.39, 0.29) is 6.04 Å². The van der Waals surface area contributed by atoms with Gasteiger partial charge in [-0.05, 0) is 12.1 Å². The molecule has 2 aromatic carbocycles. The summed E-state index contributed by atoms with van der Waals surface area (Å²) < 4.78 is 16.4. The molecule has 132 valence electrons. The second-order valence-electron chi connectivity index (χ2n) is 5.73. The molecule has 0 aliphatic carbocycles. The molecule has 1 aliphatic rings. The largest absolute Gasteiger partial charge is 0.493 e. The van der Waals surface area contributed by atoms with Crippen LogP contribution in [-0.4, -0.2) is 26.8 Å². The number of rotatable bonds is 5. The average Bonchev–Trinajstić information content (AvgIpc) is 2.66. The molecule has 1 unspecified atom stereocenters. The van der Waals surface area contributed by atoms with Gasteiger partial charge in [-0.3, -0.25) is 0 Å². The molecule has 0 saturated heterocycles. The van der Waals surface area contributed by atoms with E-state index in [1.165, 1.54) is 0 Å². The minimum atomic E-state index is 0.0981. The summed E-state index contributed by atoms with van der Waals surface area (Å²) in [5.74, 6) is 2.65. The first kappa shape index (κ1) is 17.0. The van der Waals surface area contributed by atoms with E-state index < -0.39 is 0 Å². The maximum Gasteiger partial charge on any atom is 0.189 e. The second-order valence-corrected chi connectivity index (χ2v) is 5.73. The van der Waals surface area contributed by atoms with Gasteiger partial charge in [0.05, 0.1) is 33.4 Å². The van der Waals surface area contributed by atoms with Crippen LogP contribution in [0.25, 0.3) is 0 Å². The number of nitrogens with zero attached hydrogens (tertiary/aromatic N) is 1. The number of fused-ring (bicyclic) bond motifs is 1. The molecule has 3 rings (SSSR count). The van der Waals surface area contributed by atoms with Crippen molar-refractivity contribution in [2.24, 2.45) is 10.7 Å². The SMILES string of the molecule is COc1cccc(CN=C(N)NC2CCOc3ccccc32)c1OC. The lowest BCUT2D eigenvalue weighted by Gasteiger charge is -2.27. The Hall–Kier alpha value is -2.89. The number of ether oxygens (including phenoxy) is 3. The Morgan fingerprint density at radius 2 is 2.04 bits per heavy atom. The van der Waals surface area contributed by atoms with E-state index in [2.05, 4.69) is 10.3 Å². The van der Waals surface area contributed by atoms with Gasteiger partial charge < -0.3 is 25.3 Å². The molecule has 0 saturated carbocycles. The van der Waals surface area contributed by atoms with Gasteiger partial charge in [0.15, 0.2) is 17.5 Å². The van der Waals surface area contributed by atoms with Crippen LogP contribution in [0.4, 0.5) is 0 Å². The van der Waals surface area contributed by atoms with E-state index in [0.717, 1.165) is 23.3 Å². The highest BCUT2D eigenvalue weighted by Crippen LogP contribution is 2.32. The number of aliphatic imine (C=N–C) groups is 1. The number of hydrogen-bond donors (Lipinski definition) is 2. The highest BCUT2D eigenvalue weighted by atomic mass is 16.5. The summed E-state index contributed by atoms with van der Waals surface area (Å²) in [5, 5.41) is 3.29. The van der Waals surface area contributed by atoms with Crippen molar-refractivity contribution >= 4 is 5.96 Å². The Morgan fingerprint density at radius 1 is 1.20 bits per heavy atom. The van der Waals surface area contributed by atoms with Crippen molar-refractivity contribution in [3.8, 4) is 17.2 Å². The number of para-hydroxylation sites is 2. The minimum absolute atomic E-state index is 0.0981. The van der Waals surface area contributed by atoms with E-state index >= 15 is 0 Å². The average molecular weight is 341 g/mol. The lowest BCUT2D eigenvalue weighted by Crippen LogP contribution is -2.37. The molecule has 25 heavy (non-hydrogen) atoms. The number of hydrogen-bond acceptors (Lipinski definition) is 4. The molecule has 0 radical (unpaired) electrons. The third kappa shape index (κ3) is 3.79. The van der Waals surface area contributed by atoms with Crippen molar-refractivity contribution in [1.82, 2.24) is 5.32 Å². The van der Waals surface area contributed by atoms with Crippen LogP contribution in [0.2, 0.25) is 0 Å². The summed E-state index contributed by atoms with van der Waals surface area (Å²) in [6.45, 7) is 1.07. The van der Waals surface area contributed by atoms with Crippen LogP contribution in [0.1, 0.15) is 23.6 Å². The van der Waals surface area contributed by atoms with Gasteiger partial charge in [-0.25, -0.2) is 4.99 Å². The van der Waals surface area contributed by atoms with Crippen molar-refractivity contribution in [3.63, 3.8) is 0 Å². The third-order valence-electron chi connectivity index (χ3n) is 4.18. The molecule has 1 aliphatic heterocycles. The van der Waals surface area contributed by atoms with Crippen molar-refractivity contribution < 1.29 is 14.2 Å². The Bertz CT molecular complexity index is 761. The van der Waals surface area contributed by atoms with E-state index in [0.29, 0.717) is 30.6 Å². The molecule has 6 nitrogen and oxygen atoms in total. The van der Waals surface area contributed by atoms with Crippen molar-refractivity contribution in [2.45, 2.75) is 19.0 Å². The standard InChI is InChI=1S/C19H23N3O3/c1-23-17-9-5-6-13(18(17)24-2)12-21-19(20)22-15-10-11-25-16-8-4-3-7-14(15)16/h3-9,15H,10-12H2,1-2H3,(H3,20,21,22). The summed E-state index contributed by atoms with van der Waals surface area (Å²) in [7, 11) is 3.23. The van der Waals surface area contributed by atoms with Crippen LogP contribution >= 0.6 is 0 Å². The zero-order chi connectivity index (χ0) is 17.6. The van der Waals surface area contributed by atoms with Gasteiger partial charge in [0, 0.05) is 17.5 Å². The van der Waals surface area contributed by atoms with Gasteiger partial charge in [-0.15, -0.1) is 0 Å². The zero-order valence-electron chi connectivity index (χ0n) is 14.5. The minimum Gasteiger partial charge on any atom is -0.493 e. The molecule has 0 spiro atoms. The summed E-state index contributed by atoms with van der Waals surface area (Å²) in [6, 6.07) is 13.8. The van der Waals surface area contributed by atoms with E-state index in [4.69, 9.17) is 19.9 Å². The predicted octanol–water partition coefficient (Wildman–Crippen LogP) is 2.63. The van der Waals surface area contributed by atoms with Crippen molar-refractivity contribution in [1.29, 1.82) is 0 Å². The first-order chi connectivity index (χ1) is 12.2. The normalized spacial score (nSPS) is 16.6. The maximum absolute atomic E-state index is 6.10. The number of nitrogens with one attached hydrogen (secondary N) is 1. The van der Waals surface area contributed by atoms with Crippen LogP contribution < -0.4 is 25.3 Å². The van der Waals surface area contributed by atoms with Gasteiger partial charge >= 0.3 is 0 Å². The van der Waals surface area contributed by atoms with Crippen molar-refractivity contribution in [2.75, 3.05) is 20.8 Å². The van der Waals surface area contributed by atoms with Gasteiger partial charge in [0.25, 0.3) is 0 Å². The monoisotopic (exact) mass is 341 g/mol. The first-order valence-electron chi connectivity index (χ1n) is 8.21. The highest BCUT2D eigenvalue weighted by Gasteiger charge is 2.21. The number of methoxy groups -OCH3 is 2. The van der Waals surface area contributed by atoms with Gasteiger partial charge in [-0.1, -0.05) is 30.3 Å². The second kappa shape index (κ2) is 7.79. The van der Waals surface area contributed by atoms with Crippen LogP contribution in [0.15, 0.2) is 47.5 Å². The molecule has 3 N–H and O–H groups in total.